The minimum atomic E-state index is -0.0394. The zero-order valence-corrected chi connectivity index (χ0v) is 10.4. The highest BCUT2D eigenvalue weighted by atomic mass is 16.1. The molecule has 0 saturated heterocycles. The number of carbonyl (C=O) groups excluding carboxylic acids is 1. The Morgan fingerprint density at radius 1 is 1.44 bits per heavy atom. The number of aromatic nitrogens is 1. The third-order valence-electron chi connectivity index (χ3n) is 3.64. The fourth-order valence-corrected chi connectivity index (χ4v) is 2.59. The van der Waals surface area contributed by atoms with Gasteiger partial charge in [-0.05, 0) is 30.9 Å². The largest absolute Gasteiger partial charge is 0.397 e. The number of H-pyrrole nitrogens is 1. The molecule has 18 heavy (non-hydrogen) atoms. The van der Waals surface area contributed by atoms with Crippen molar-refractivity contribution in [2.24, 2.45) is 5.92 Å². The van der Waals surface area contributed by atoms with Crippen LogP contribution in [0.15, 0.2) is 24.3 Å². The third-order valence-corrected chi connectivity index (χ3v) is 3.64. The molecular formula is C14H17N3O. The lowest BCUT2D eigenvalue weighted by Crippen LogP contribution is -2.43. The molecule has 0 bridgehead atoms. The number of nitrogen functional groups attached to an aromatic ring is 1. The quantitative estimate of drug-likeness (QED) is 0.708. The number of nitrogens with two attached hydrogens (primary N) is 1. The van der Waals surface area contributed by atoms with E-state index in [9.17, 15) is 4.79 Å². The van der Waals surface area contributed by atoms with E-state index in [1.807, 2.05) is 24.3 Å². The van der Waals surface area contributed by atoms with Crippen LogP contribution in [0.4, 0.5) is 5.69 Å². The predicted molar refractivity (Wildman–Crippen MR) is 72.4 cm³/mol. The molecule has 0 aliphatic heterocycles. The number of fused-ring (bicyclic) bond motifs is 1. The fourth-order valence-electron chi connectivity index (χ4n) is 2.59. The highest BCUT2D eigenvalue weighted by molar-refractivity contribution is 6.00. The van der Waals surface area contributed by atoms with Crippen LogP contribution >= 0.6 is 0 Å². The maximum Gasteiger partial charge on any atom is 0.267 e. The smallest absolute Gasteiger partial charge is 0.267 e. The zero-order valence-electron chi connectivity index (χ0n) is 10.4. The van der Waals surface area contributed by atoms with E-state index in [2.05, 4.69) is 17.2 Å². The van der Waals surface area contributed by atoms with Crippen LogP contribution in [0, 0.1) is 5.92 Å². The Balaban J connectivity index is 1.81. The van der Waals surface area contributed by atoms with Crippen LogP contribution in [0.25, 0.3) is 10.9 Å². The van der Waals surface area contributed by atoms with E-state index in [0.29, 0.717) is 17.4 Å². The lowest BCUT2D eigenvalue weighted by Gasteiger charge is -2.33. The second-order valence-corrected chi connectivity index (χ2v) is 5.24. The number of hydrogen-bond donors (Lipinski definition) is 3. The minimum absolute atomic E-state index is 0.0394. The number of aromatic amines is 1. The summed E-state index contributed by atoms with van der Waals surface area (Å²) in [7, 11) is 0. The highest BCUT2D eigenvalue weighted by Gasteiger charge is 2.27. The molecule has 0 atom stereocenters. The highest BCUT2D eigenvalue weighted by Crippen LogP contribution is 2.27. The molecule has 4 N–H and O–H groups in total. The van der Waals surface area contributed by atoms with E-state index >= 15 is 0 Å². The Labute approximate surface area is 106 Å². The summed E-state index contributed by atoms with van der Waals surface area (Å²) in [5.41, 5.74) is 7.96. The molecule has 94 valence electrons. The molecule has 1 aliphatic carbocycles. The van der Waals surface area contributed by atoms with Crippen molar-refractivity contribution in [2.45, 2.75) is 25.8 Å². The van der Waals surface area contributed by atoms with Crippen molar-refractivity contribution in [3.05, 3.63) is 30.0 Å². The van der Waals surface area contributed by atoms with Gasteiger partial charge in [-0.2, -0.15) is 0 Å². The molecule has 1 heterocycles. The van der Waals surface area contributed by atoms with Gasteiger partial charge in [0.15, 0.2) is 0 Å². The van der Waals surface area contributed by atoms with Gasteiger partial charge in [-0.1, -0.05) is 19.1 Å². The summed E-state index contributed by atoms with van der Waals surface area (Å²) in [6.45, 7) is 2.20. The summed E-state index contributed by atoms with van der Waals surface area (Å²) in [6, 6.07) is 7.85. The topological polar surface area (TPSA) is 70.9 Å². The van der Waals surface area contributed by atoms with E-state index in [0.717, 1.165) is 29.7 Å². The van der Waals surface area contributed by atoms with Crippen LogP contribution < -0.4 is 11.1 Å². The lowest BCUT2D eigenvalue weighted by molar-refractivity contribution is 0.0892. The summed E-state index contributed by atoms with van der Waals surface area (Å²) in [5, 5.41) is 4.01. The van der Waals surface area contributed by atoms with Crippen LogP contribution in [-0.4, -0.2) is 16.9 Å². The van der Waals surface area contributed by atoms with E-state index in [-0.39, 0.29) is 5.91 Å². The van der Waals surface area contributed by atoms with Crippen molar-refractivity contribution in [1.29, 1.82) is 0 Å². The fraction of sp³-hybridized carbons (Fsp3) is 0.357. The second kappa shape index (κ2) is 4.05. The molecule has 1 aliphatic rings. The first-order chi connectivity index (χ1) is 8.63. The number of nitrogens with one attached hydrogen (secondary N) is 2. The molecule has 3 rings (SSSR count). The number of anilines is 1. The summed E-state index contributed by atoms with van der Waals surface area (Å²) < 4.78 is 0. The Hall–Kier alpha value is -1.97. The molecule has 1 amide bonds. The van der Waals surface area contributed by atoms with E-state index in [4.69, 9.17) is 5.73 Å². The summed E-state index contributed by atoms with van der Waals surface area (Å²) in [6.07, 6.45) is 2.15. The summed E-state index contributed by atoms with van der Waals surface area (Å²) in [5.74, 6) is 0.691. The van der Waals surface area contributed by atoms with Crippen LogP contribution in [0.5, 0.6) is 0 Å². The van der Waals surface area contributed by atoms with E-state index < -0.39 is 0 Å². The van der Waals surface area contributed by atoms with Gasteiger partial charge in [0.1, 0.15) is 5.69 Å². The van der Waals surface area contributed by atoms with Gasteiger partial charge in [-0.15, -0.1) is 0 Å². The third kappa shape index (κ3) is 1.83. The number of carbonyl (C=O) groups is 1. The van der Waals surface area contributed by atoms with Crippen molar-refractivity contribution in [3.63, 3.8) is 0 Å². The molecule has 1 aromatic carbocycles. The Morgan fingerprint density at radius 3 is 2.89 bits per heavy atom. The van der Waals surface area contributed by atoms with Crippen molar-refractivity contribution >= 4 is 22.5 Å². The number of amides is 1. The normalized spacial score (nSPS) is 22.7. The number of benzene rings is 1. The summed E-state index contributed by atoms with van der Waals surface area (Å²) in [4.78, 5) is 15.1. The number of para-hydroxylation sites is 1. The SMILES string of the molecule is CC1CC(NC(=O)c2cc3cccc(N)c3[nH]2)C1. The van der Waals surface area contributed by atoms with Gasteiger partial charge in [0.2, 0.25) is 0 Å². The maximum absolute atomic E-state index is 12.1. The van der Waals surface area contributed by atoms with Gasteiger partial charge in [0.25, 0.3) is 5.91 Å². The molecular weight excluding hydrogens is 226 g/mol. The first-order valence-corrected chi connectivity index (χ1v) is 6.31. The molecule has 4 heteroatoms. The van der Waals surface area contributed by atoms with Gasteiger partial charge < -0.3 is 16.0 Å². The average molecular weight is 243 g/mol. The van der Waals surface area contributed by atoms with Gasteiger partial charge in [-0.25, -0.2) is 0 Å². The van der Waals surface area contributed by atoms with Crippen molar-refractivity contribution in [2.75, 3.05) is 5.73 Å². The number of hydrogen-bond acceptors (Lipinski definition) is 2. The first kappa shape index (κ1) is 11.1. The molecule has 0 unspecified atom stereocenters. The van der Waals surface area contributed by atoms with Gasteiger partial charge in [-0.3, -0.25) is 4.79 Å². The monoisotopic (exact) mass is 243 g/mol. The van der Waals surface area contributed by atoms with Gasteiger partial charge in [0, 0.05) is 11.4 Å². The molecule has 4 nitrogen and oxygen atoms in total. The van der Waals surface area contributed by atoms with Crippen LogP contribution in [0.3, 0.4) is 0 Å². The van der Waals surface area contributed by atoms with Crippen molar-refractivity contribution in [1.82, 2.24) is 10.3 Å². The average Bonchev–Trinajstić information content (AvgIpc) is 2.72. The molecule has 1 fully saturated rings. The molecule has 0 radical (unpaired) electrons. The Bertz CT molecular complexity index is 596. The molecule has 0 spiro atoms. The Morgan fingerprint density at radius 2 is 2.22 bits per heavy atom. The van der Waals surface area contributed by atoms with E-state index in [1.165, 1.54) is 0 Å². The van der Waals surface area contributed by atoms with Crippen LogP contribution in [0.1, 0.15) is 30.3 Å². The predicted octanol–water partition coefficient (Wildman–Crippen LogP) is 2.28. The summed E-state index contributed by atoms with van der Waals surface area (Å²) >= 11 is 0. The molecule has 1 aromatic heterocycles. The zero-order chi connectivity index (χ0) is 12.7. The number of rotatable bonds is 2. The van der Waals surface area contributed by atoms with Crippen LogP contribution in [-0.2, 0) is 0 Å². The first-order valence-electron chi connectivity index (χ1n) is 6.31. The molecule has 1 saturated carbocycles. The minimum Gasteiger partial charge on any atom is -0.397 e. The van der Waals surface area contributed by atoms with Crippen LogP contribution in [0.2, 0.25) is 0 Å². The van der Waals surface area contributed by atoms with Crippen molar-refractivity contribution in [3.8, 4) is 0 Å². The standard InChI is InChI=1S/C14H17N3O/c1-8-5-10(6-8)16-14(18)12-7-9-3-2-4-11(15)13(9)17-12/h2-4,7-8,10,17H,5-6,15H2,1H3,(H,16,18). The van der Waals surface area contributed by atoms with E-state index in [1.54, 1.807) is 0 Å². The maximum atomic E-state index is 12.1. The molecule has 2 aromatic rings. The van der Waals surface area contributed by atoms with Crippen molar-refractivity contribution < 1.29 is 4.79 Å². The van der Waals surface area contributed by atoms with Gasteiger partial charge >= 0.3 is 0 Å². The second-order valence-electron chi connectivity index (χ2n) is 5.24. The van der Waals surface area contributed by atoms with Gasteiger partial charge in [0.05, 0.1) is 11.2 Å². The Kier molecular flexibility index (Phi) is 2.51. The lowest BCUT2D eigenvalue weighted by atomic mass is 9.82.